The van der Waals surface area contributed by atoms with Crippen LogP contribution in [0.5, 0.6) is 17.2 Å². The number of carboxylic acids is 1. The molecule has 6 rings (SSSR count). The first-order valence-electron chi connectivity index (χ1n) is 17.8. The van der Waals surface area contributed by atoms with Crippen LogP contribution in [-0.4, -0.2) is 118 Å². The zero-order chi connectivity index (χ0) is 37.8. The predicted molar refractivity (Wildman–Crippen MR) is 201 cm³/mol. The third-order valence-corrected chi connectivity index (χ3v) is 11.7. The van der Waals surface area contributed by atoms with E-state index in [0.717, 1.165) is 43.6 Å². The zero-order valence-electron chi connectivity index (χ0n) is 30.2. The van der Waals surface area contributed by atoms with Crippen LogP contribution in [-0.2, 0) is 20.5 Å². The van der Waals surface area contributed by atoms with E-state index in [2.05, 4.69) is 10.2 Å². The zero-order valence-corrected chi connectivity index (χ0v) is 31.8. The van der Waals surface area contributed by atoms with Gasteiger partial charge in [-0.25, -0.2) is 9.59 Å². The molecule has 2 N–H and O–H groups in total. The fourth-order valence-corrected chi connectivity index (χ4v) is 8.18. The minimum Gasteiger partial charge on any atom is -0.493 e. The van der Waals surface area contributed by atoms with Crippen LogP contribution in [0.4, 0.5) is 4.79 Å². The third-order valence-electron chi connectivity index (χ3n) is 11.0. The van der Waals surface area contributed by atoms with Crippen molar-refractivity contribution in [1.82, 2.24) is 20.0 Å². The van der Waals surface area contributed by atoms with Crippen molar-refractivity contribution < 1.29 is 38.4 Å². The molecule has 0 aromatic heterocycles. The molecule has 0 bridgehead atoms. The average Bonchev–Trinajstić information content (AvgIpc) is 3.63. The van der Waals surface area contributed by atoms with Gasteiger partial charge in [0.25, 0.3) is 5.91 Å². The second-order valence-corrected chi connectivity index (χ2v) is 14.7. The Morgan fingerprint density at radius 1 is 0.849 bits per heavy atom. The molecule has 0 aliphatic carbocycles. The molecule has 284 valence electrons. The lowest BCUT2D eigenvalue weighted by molar-refractivity contribution is -0.154. The number of likely N-dealkylation sites (tertiary alicyclic amines) is 2. The number of morpholine rings is 1. The summed E-state index contributed by atoms with van der Waals surface area (Å²) in [5.74, 6) is 0.0221. The number of ether oxygens (including phenoxy) is 4. The first kappa shape index (κ1) is 38.5. The molecule has 3 aliphatic rings. The summed E-state index contributed by atoms with van der Waals surface area (Å²) in [6.07, 6.45) is 1.78. The van der Waals surface area contributed by atoms with E-state index in [0.29, 0.717) is 65.3 Å². The molecule has 1 unspecified atom stereocenters. The number of rotatable bonds is 11. The molecule has 3 fully saturated rings. The molecule has 0 spiro atoms. The highest BCUT2D eigenvalue weighted by Crippen LogP contribution is 2.43. The number of carbonyl (C=O) groups is 3. The Morgan fingerprint density at radius 3 is 2.17 bits per heavy atom. The lowest BCUT2D eigenvalue weighted by Crippen LogP contribution is -2.59. The molecular weight excluding hydrogens is 723 g/mol. The van der Waals surface area contributed by atoms with Crippen molar-refractivity contribution in [3.63, 3.8) is 0 Å². The Hall–Kier alpha value is -4.23. The van der Waals surface area contributed by atoms with E-state index >= 15 is 0 Å². The molecule has 0 saturated carbocycles. The van der Waals surface area contributed by atoms with Gasteiger partial charge in [0.05, 0.1) is 50.1 Å². The van der Waals surface area contributed by atoms with Gasteiger partial charge in [-0.3, -0.25) is 4.79 Å². The summed E-state index contributed by atoms with van der Waals surface area (Å²) in [6, 6.07) is 18.8. The number of carbonyl (C=O) groups excluding carboxylic acids is 2. The van der Waals surface area contributed by atoms with Crippen LogP contribution in [0.25, 0.3) is 0 Å². The van der Waals surface area contributed by atoms with Crippen molar-refractivity contribution in [2.24, 2.45) is 0 Å². The van der Waals surface area contributed by atoms with Crippen molar-refractivity contribution in [3.8, 4) is 17.2 Å². The minimum absolute atomic E-state index is 0.00592. The Balaban J connectivity index is 1.19. The van der Waals surface area contributed by atoms with Crippen molar-refractivity contribution in [3.05, 3.63) is 87.4 Å². The number of hydrogen-bond acceptors (Lipinski definition) is 8. The Labute approximate surface area is 319 Å². The van der Waals surface area contributed by atoms with E-state index in [-0.39, 0.29) is 30.5 Å². The number of aliphatic carboxylic acids is 1. The lowest BCUT2D eigenvalue weighted by atomic mass is 9.76. The quantitative estimate of drug-likeness (QED) is 0.253. The Morgan fingerprint density at radius 2 is 1.55 bits per heavy atom. The number of amides is 3. The first-order valence-corrected chi connectivity index (χ1v) is 18.5. The molecule has 14 heteroatoms. The number of urea groups is 1. The van der Waals surface area contributed by atoms with Crippen LogP contribution in [0.2, 0.25) is 10.0 Å². The van der Waals surface area contributed by atoms with Crippen molar-refractivity contribution in [2.45, 2.75) is 42.7 Å². The van der Waals surface area contributed by atoms with Crippen LogP contribution in [0.3, 0.4) is 0 Å². The maximum absolute atomic E-state index is 14.0. The third kappa shape index (κ3) is 8.16. The summed E-state index contributed by atoms with van der Waals surface area (Å²) in [5, 5.41) is 13.7. The summed E-state index contributed by atoms with van der Waals surface area (Å²) >= 11 is 12.9. The van der Waals surface area contributed by atoms with Crippen LogP contribution in [0.1, 0.15) is 47.2 Å². The van der Waals surface area contributed by atoms with E-state index in [9.17, 15) is 19.5 Å². The van der Waals surface area contributed by atoms with Crippen LogP contribution < -0.4 is 19.5 Å². The molecule has 0 radical (unpaired) electrons. The van der Waals surface area contributed by atoms with Crippen LogP contribution in [0, 0.1) is 0 Å². The van der Waals surface area contributed by atoms with Crippen molar-refractivity contribution >= 4 is 41.1 Å². The minimum atomic E-state index is -1.08. The van der Waals surface area contributed by atoms with Crippen LogP contribution in [0.15, 0.2) is 60.7 Å². The van der Waals surface area contributed by atoms with E-state index in [1.54, 1.807) is 12.1 Å². The van der Waals surface area contributed by atoms with Gasteiger partial charge in [-0.1, -0.05) is 59.6 Å². The number of nitrogens with one attached hydrogen (secondary N) is 1. The topological polar surface area (TPSA) is 130 Å². The number of halogens is 2. The number of piperidine rings is 1. The fourth-order valence-electron chi connectivity index (χ4n) is 7.88. The number of benzene rings is 3. The molecule has 3 amide bonds. The lowest BCUT2D eigenvalue weighted by Gasteiger charge is -2.45. The van der Waals surface area contributed by atoms with E-state index in [1.807, 2.05) is 53.4 Å². The first-order chi connectivity index (χ1) is 25.5. The van der Waals surface area contributed by atoms with Gasteiger partial charge in [-0.05, 0) is 67.6 Å². The van der Waals surface area contributed by atoms with Crippen molar-refractivity contribution in [1.29, 1.82) is 0 Å². The van der Waals surface area contributed by atoms with Gasteiger partial charge in [0, 0.05) is 43.7 Å². The van der Waals surface area contributed by atoms with Gasteiger partial charge in [0.2, 0.25) is 5.75 Å². The fraction of sp³-hybridized carbons (Fsp3) is 0.462. The van der Waals surface area contributed by atoms with Gasteiger partial charge >= 0.3 is 12.0 Å². The smallest absolute Gasteiger partial charge is 0.334 e. The molecule has 3 aromatic rings. The molecule has 53 heavy (non-hydrogen) atoms. The van der Waals surface area contributed by atoms with Gasteiger partial charge < -0.3 is 44.1 Å². The summed E-state index contributed by atoms with van der Waals surface area (Å²) in [7, 11) is 4.57. The van der Waals surface area contributed by atoms with Crippen LogP contribution >= 0.6 is 23.2 Å². The normalized spacial score (nSPS) is 21.6. The highest BCUT2D eigenvalue weighted by Gasteiger charge is 2.44. The predicted octanol–water partition coefficient (Wildman–Crippen LogP) is 5.68. The summed E-state index contributed by atoms with van der Waals surface area (Å²) in [5.41, 5.74) is 1.48. The van der Waals surface area contributed by atoms with Gasteiger partial charge in [-0.2, -0.15) is 0 Å². The standard InChI is InChI=1S/C39H46Cl2N4O8/c1-50-31-21-26(22-32(51-2)34(31)52-3)35(46)45-18-12-38(25-45,28-9-10-29(40)30(41)23-28)11-15-43-16-13-39(14-17-43,27-7-5-4-6-8-27)42-37(49)44-19-20-53-33(24-44)36(47)48/h4-10,21-23,33H,11-20,24-25H2,1-3H3,(H,42,49)(H,47,48)/t33-,38?/m1/s1. The molecule has 3 saturated heterocycles. The molecule has 2 atom stereocenters. The second-order valence-electron chi connectivity index (χ2n) is 13.9. The highest BCUT2D eigenvalue weighted by atomic mass is 35.5. The summed E-state index contributed by atoms with van der Waals surface area (Å²) in [4.78, 5) is 45.0. The number of hydrogen-bond donors (Lipinski definition) is 2. The number of nitrogens with zero attached hydrogens (tertiary/aromatic N) is 3. The van der Waals surface area contributed by atoms with E-state index in [1.165, 1.54) is 26.2 Å². The van der Waals surface area contributed by atoms with E-state index < -0.39 is 17.6 Å². The molecule has 12 nitrogen and oxygen atoms in total. The highest BCUT2D eigenvalue weighted by molar-refractivity contribution is 6.42. The average molecular weight is 770 g/mol. The number of methoxy groups -OCH3 is 3. The summed E-state index contributed by atoms with van der Waals surface area (Å²) in [6.45, 7) is 3.72. The van der Waals surface area contributed by atoms with Gasteiger partial charge in [-0.15, -0.1) is 0 Å². The monoisotopic (exact) mass is 768 g/mol. The maximum atomic E-state index is 14.0. The maximum Gasteiger partial charge on any atom is 0.334 e. The van der Waals surface area contributed by atoms with Gasteiger partial charge in [0.15, 0.2) is 17.6 Å². The molecule has 3 aliphatic heterocycles. The summed E-state index contributed by atoms with van der Waals surface area (Å²) < 4.78 is 21.9. The van der Waals surface area contributed by atoms with Gasteiger partial charge in [0.1, 0.15) is 0 Å². The largest absolute Gasteiger partial charge is 0.493 e. The Kier molecular flexibility index (Phi) is 11.9. The van der Waals surface area contributed by atoms with E-state index in [4.69, 9.17) is 42.1 Å². The number of carboxylic acid groups (broad SMARTS) is 1. The molecular formula is C39H46Cl2N4O8. The van der Waals surface area contributed by atoms with Crippen molar-refractivity contribution in [2.75, 3.05) is 73.7 Å². The second kappa shape index (κ2) is 16.4. The molecule has 3 heterocycles. The SMILES string of the molecule is COc1cc(C(=O)N2CCC(CCN3CCC(NC(=O)N4CCO[C@@H](C(=O)O)C4)(c4ccccc4)CC3)(c3ccc(Cl)c(Cl)c3)C2)cc(OC)c1OC. The Bertz CT molecular complexity index is 1780. The molecule has 3 aromatic carbocycles.